The van der Waals surface area contributed by atoms with Crippen LogP contribution in [0.5, 0.6) is 0 Å². The number of hydroxylamine groups is 2. The van der Waals surface area contributed by atoms with Gasteiger partial charge in [-0.25, -0.2) is 0 Å². The van der Waals surface area contributed by atoms with Crippen molar-refractivity contribution in [1.82, 2.24) is 10.4 Å². The first-order valence-electron chi connectivity index (χ1n) is 4.74. The van der Waals surface area contributed by atoms with Crippen molar-refractivity contribution in [2.24, 2.45) is 5.92 Å². The van der Waals surface area contributed by atoms with Crippen molar-refractivity contribution in [2.45, 2.75) is 26.3 Å². The molecule has 1 aliphatic heterocycles. The van der Waals surface area contributed by atoms with Crippen molar-refractivity contribution in [1.29, 1.82) is 0 Å². The SMILES string of the molecule is CNC1CN(OC(C)=O)CCC1C. The van der Waals surface area contributed by atoms with E-state index in [1.807, 2.05) is 7.05 Å². The Kier molecular flexibility index (Phi) is 3.69. The van der Waals surface area contributed by atoms with Crippen LogP contribution in [0.4, 0.5) is 0 Å². The zero-order valence-corrected chi connectivity index (χ0v) is 8.54. The molecule has 0 spiro atoms. The summed E-state index contributed by atoms with van der Waals surface area (Å²) in [7, 11) is 1.94. The summed E-state index contributed by atoms with van der Waals surface area (Å²) in [6.07, 6.45) is 1.07. The second kappa shape index (κ2) is 4.58. The standard InChI is InChI=1S/C9H18N2O2/c1-7-4-5-11(13-8(2)12)6-9(7)10-3/h7,9-10H,4-6H2,1-3H3. The smallest absolute Gasteiger partial charge is 0.322 e. The number of nitrogens with one attached hydrogen (secondary N) is 1. The zero-order valence-electron chi connectivity index (χ0n) is 8.54. The Bertz CT molecular complexity index is 184. The molecule has 0 bridgehead atoms. The molecule has 4 nitrogen and oxygen atoms in total. The summed E-state index contributed by atoms with van der Waals surface area (Å²) in [6, 6.07) is 0.424. The molecule has 0 aliphatic carbocycles. The molecule has 1 fully saturated rings. The molecule has 13 heavy (non-hydrogen) atoms. The largest absolute Gasteiger partial charge is 0.368 e. The summed E-state index contributed by atoms with van der Waals surface area (Å²) in [5, 5.41) is 4.96. The Morgan fingerprint density at radius 2 is 2.31 bits per heavy atom. The van der Waals surface area contributed by atoms with E-state index in [4.69, 9.17) is 4.84 Å². The van der Waals surface area contributed by atoms with E-state index in [0.29, 0.717) is 12.0 Å². The highest BCUT2D eigenvalue weighted by Crippen LogP contribution is 2.16. The van der Waals surface area contributed by atoms with Crippen molar-refractivity contribution in [3.8, 4) is 0 Å². The van der Waals surface area contributed by atoms with Crippen LogP contribution in [0, 0.1) is 5.92 Å². The van der Waals surface area contributed by atoms with Crippen molar-refractivity contribution in [2.75, 3.05) is 20.1 Å². The molecule has 1 saturated heterocycles. The number of rotatable bonds is 2. The Morgan fingerprint density at radius 3 is 2.85 bits per heavy atom. The molecular formula is C9H18N2O2. The number of carbonyl (C=O) groups excluding carboxylic acids is 1. The number of piperidine rings is 1. The predicted molar refractivity (Wildman–Crippen MR) is 50.0 cm³/mol. The minimum Gasteiger partial charge on any atom is -0.368 e. The van der Waals surface area contributed by atoms with E-state index >= 15 is 0 Å². The van der Waals surface area contributed by atoms with E-state index in [9.17, 15) is 4.79 Å². The van der Waals surface area contributed by atoms with E-state index in [-0.39, 0.29) is 5.97 Å². The average Bonchev–Trinajstić information content (AvgIpc) is 2.07. The molecule has 0 saturated carbocycles. The number of nitrogens with zero attached hydrogens (tertiary/aromatic N) is 1. The Labute approximate surface area is 79.2 Å². The maximum absolute atomic E-state index is 10.7. The second-order valence-corrected chi connectivity index (χ2v) is 3.63. The highest BCUT2D eigenvalue weighted by atomic mass is 16.7. The third-order valence-corrected chi connectivity index (χ3v) is 2.55. The van der Waals surface area contributed by atoms with Gasteiger partial charge in [-0.3, -0.25) is 4.79 Å². The van der Waals surface area contributed by atoms with Gasteiger partial charge in [0.05, 0.1) is 6.54 Å². The number of likely N-dealkylation sites (N-methyl/N-ethyl adjacent to an activating group) is 1. The normalized spacial score (nSPS) is 30.1. The lowest BCUT2D eigenvalue weighted by Gasteiger charge is -2.35. The van der Waals surface area contributed by atoms with Crippen molar-refractivity contribution in [3.63, 3.8) is 0 Å². The third-order valence-electron chi connectivity index (χ3n) is 2.55. The summed E-state index contributed by atoms with van der Waals surface area (Å²) < 4.78 is 0. The number of hydrogen-bond donors (Lipinski definition) is 1. The quantitative estimate of drug-likeness (QED) is 0.677. The first kappa shape index (κ1) is 10.5. The van der Waals surface area contributed by atoms with Crippen molar-refractivity contribution < 1.29 is 9.63 Å². The van der Waals surface area contributed by atoms with Gasteiger partial charge in [0.1, 0.15) is 0 Å². The fourth-order valence-corrected chi connectivity index (χ4v) is 1.68. The van der Waals surface area contributed by atoms with Gasteiger partial charge in [0, 0.05) is 19.5 Å². The molecule has 4 heteroatoms. The molecule has 1 rings (SSSR count). The van der Waals surface area contributed by atoms with E-state index in [1.54, 1.807) is 5.06 Å². The van der Waals surface area contributed by atoms with E-state index < -0.39 is 0 Å². The van der Waals surface area contributed by atoms with Crippen LogP contribution in [0.3, 0.4) is 0 Å². The highest BCUT2D eigenvalue weighted by Gasteiger charge is 2.26. The highest BCUT2D eigenvalue weighted by molar-refractivity contribution is 5.65. The minimum atomic E-state index is -0.232. The van der Waals surface area contributed by atoms with E-state index in [0.717, 1.165) is 19.5 Å². The van der Waals surface area contributed by atoms with Gasteiger partial charge in [-0.05, 0) is 19.4 Å². The van der Waals surface area contributed by atoms with Gasteiger partial charge < -0.3 is 10.2 Å². The maximum Gasteiger partial charge on any atom is 0.322 e. The Balaban J connectivity index is 2.40. The van der Waals surface area contributed by atoms with Crippen LogP contribution < -0.4 is 5.32 Å². The maximum atomic E-state index is 10.7. The Morgan fingerprint density at radius 1 is 1.62 bits per heavy atom. The molecule has 2 atom stereocenters. The summed E-state index contributed by atoms with van der Waals surface area (Å²) in [5.41, 5.74) is 0. The predicted octanol–water partition coefficient (Wildman–Crippen LogP) is 0.394. The van der Waals surface area contributed by atoms with Gasteiger partial charge in [0.25, 0.3) is 0 Å². The minimum absolute atomic E-state index is 0.232. The molecule has 1 aliphatic rings. The summed E-state index contributed by atoms with van der Waals surface area (Å²) in [6.45, 7) is 5.29. The lowest BCUT2D eigenvalue weighted by molar-refractivity contribution is -0.195. The van der Waals surface area contributed by atoms with Crippen LogP contribution in [0.1, 0.15) is 20.3 Å². The monoisotopic (exact) mass is 186 g/mol. The summed E-state index contributed by atoms with van der Waals surface area (Å²) >= 11 is 0. The van der Waals surface area contributed by atoms with Crippen LogP contribution in [0.15, 0.2) is 0 Å². The summed E-state index contributed by atoms with van der Waals surface area (Å²) in [5.74, 6) is 0.418. The lowest BCUT2D eigenvalue weighted by atomic mass is 9.95. The molecule has 0 aromatic rings. The molecule has 0 aromatic heterocycles. The first-order valence-corrected chi connectivity index (χ1v) is 4.74. The average molecular weight is 186 g/mol. The van der Waals surface area contributed by atoms with Gasteiger partial charge in [0.2, 0.25) is 0 Å². The molecule has 1 heterocycles. The molecular weight excluding hydrogens is 168 g/mol. The Hall–Kier alpha value is -0.610. The van der Waals surface area contributed by atoms with E-state index in [2.05, 4.69) is 12.2 Å². The molecule has 0 aromatic carbocycles. The van der Waals surface area contributed by atoms with Crippen LogP contribution in [-0.2, 0) is 9.63 Å². The van der Waals surface area contributed by atoms with Gasteiger partial charge in [-0.1, -0.05) is 6.92 Å². The van der Waals surface area contributed by atoms with Gasteiger partial charge in [0.15, 0.2) is 0 Å². The molecule has 0 radical (unpaired) electrons. The molecule has 0 amide bonds. The number of carbonyl (C=O) groups is 1. The second-order valence-electron chi connectivity index (χ2n) is 3.63. The van der Waals surface area contributed by atoms with Crippen molar-refractivity contribution >= 4 is 5.97 Å². The fraction of sp³-hybridized carbons (Fsp3) is 0.889. The molecule has 76 valence electrons. The third kappa shape index (κ3) is 2.97. The van der Waals surface area contributed by atoms with Crippen LogP contribution in [0.2, 0.25) is 0 Å². The van der Waals surface area contributed by atoms with Gasteiger partial charge >= 0.3 is 5.97 Å². The van der Waals surface area contributed by atoms with Crippen LogP contribution >= 0.6 is 0 Å². The number of hydrogen-bond acceptors (Lipinski definition) is 4. The van der Waals surface area contributed by atoms with Gasteiger partial charge in [-0.2, -0.15) is 0 Å². The van der Waals surface area contributed by atoms with Gasteiger partial charge in [-0.15, -0.1) is 5.06 Å². The molecule has 2 unspecified atom stereocenters. The lowest BCUT2D eigenvalue weighted by Crippen LogP contribution is -2.49. The zero-order chi connectivity index (χ0) is 9.84. The first-order chi connectivity index (χ1) is 6.13. The fourth-order valence-electron chi connectivity index (χ4n) is 1.68. The molecule has 1 N–H and O–H groups in total. The van der Waals surface area contributed by atoms with Crippen LogP contribution in [0.25, 0.3) is 0 Å². The van der Waals surface area contributed by atoms with Crippen molar-refractivity contribution in [3.05, 3.63) is 0 Å². The van der Waals surface area contributed by atoms with E-state index in [1.165, 1.54) is 6.92 Å². The topological polar surface area (TPSA) is 41.6 Å². The van der Waals surface area contributed by atoms with Crippen LogP contribution in [-0.4, -0.2) is 37.2 Å². The summed E-state index contributed by atoms with van der Waals surface area (Å²) in [4.78, 5) is 15.7.